The maximum atomic E-state index is 12.3. The molecule has 0 fully saturated rings. The average molecular weight is 380 g/mol. The molecule has 0 aliphatic rings. The molecule has 9 heteroatoms. The van der Waals surface area contributed by atoms with Crippen LogP contribution in [0.1, 0.15) is 0 Å². The van der Waals surface area contributed by atoms with Crippen LogP contribution in [0, 0.1) is 10.1 Å². The number of nitro benzene ring substituents is 1. The number of anilines is 1. The third kappa shape index (κ3) is 4.04. The molecule has 142 valence electrons. The second-order valence-corrected chi connectivity index (χ2v) is 5.74. The van der Waals surface area contributed by atoms with Gasteiger partial charge in [0.2, 0.25) is 5.91 Å². The van der Waals surface area contributed by atoms with E-state index < -0.39 is 22.9 Å². The minimum absolute atomic E-state index is 0.0476. The molecule has 3 aromatic rings. The molecule has 3 rings (SSSR count). The van der Waals surface area contributed by atoms with Gasteiger partial charge in [0.15, 0.2) is 0 Å². The first-order valence-electron chi connectivity index (χ1n) is 8.24. The van der Waals surface area contributed by atoms with E-state index in [2.05, 4.69) is 10.4 Å². The molecule has 9 nitrogen and oxygen atoms in total. The van der Waals surface area contributed by atoms with Crippen molar-refractivity contribution >= 4 is 17.3 Å². The summed E-state index contributed by atoms with van der Waals surface area (Å²) in [5.41, 5.74) is 0.454. The summed E-state index contributed by atoms with van der Waals surface area (Å²) < 4.78 is 6.29. The molecule has 0 bridgehead atoms. The lowest BCUT2D eigenvalue weighted by atomic mass is 10.1. The Bertz CT molecular complexity index is 1090. The van der Waals surface area contributed by atoms with Gasteiger partial charge >= 0.3 is 0 Å². The third-order valence-electron chi connectivity index (χ3n) is 3.92. The van der Waals surface area contributed by atoms with Crippen LogP contribution >= 0.6 is 0 Å². The number of nitrogens with zero attached hydrogens (tertiary/aromatic N) is 3. The summed E-state index contributed by atoms with van der Waals surface area (Å²) in [5, 5.41) is 17.7. The highest BCUT2D eigenvalue weighted by Gasteiger charge is 2.16. The van der Waals surface area contributed by atoms with E-state index >= 15 is 0 Å². The molecule has 0 unspecified atom stereocenters. The Morgan fingerprint density at radius 3 is 2.61 bits per heavy atom. The van der Waals surface area contributed by atoms with Gasteiger partial charge in [0, 0.05) is 17.7 Å². The number of rotatable bonds is 6. The van der Waals surface area contributed by atoms with Crippen LogP contribution in [0.3, 0.4) is 0 Å². The smallest absolute Gasteiger partial charge is 0.292 e. The largest absolute Gasteiger partial charge is 0.496 e. The molecule has 0 aliphatic carbocycles. The van der Waals surface area contributed by atoms with Crippen molar-refractivity contribution in [2.24, 2.45) is 0 Å². The molecule has 0 aliphatic heterocycles. The quantitative estimate of drug-likeness (QED) is 0.519. The number of nitrogens with one attached hydrogen (secondary N) is 1. The Labute approximate surface area is 159 Å². The van der Waals surface area contributed by atoms with Crippen molar-refractivity contribution in [1.82, 2.24) is 9.78 Å². The molecule has 0 saturated carbocycles. The Kier molecular flexibility index (Phi) is 5.45. The van der Waals surface area contributed by atoms with Gasteiger partial charge in [-0.15, -0.1) is 0 Å². The van der Waals surface area contributed by atoms with Crippen LogP contribution < -0.4 is 15.6 Å². The lowest BCUT2D eigenvalue weighted by Gasteiger charge is -2.10. The topological polar surface area (TPSA) is 116 Å². The van der Waals surface area contributed by atoms with Crippen molar-refractivity contribution in [1.29, 1.82) is 0 Å². The number of aromatic nitrogens is 2. The van der Waals surface area contributed by atoms with Crippen LogP contribution in [0.5, 0.6) is 5.75 Å². The fraction of sp³-hybridized carbons (Fsp3) is 0.105. The van der Waals surface area contributed by atoms with E-state index in [-0.39, 0.29) is 11.4 Å². The van der Waals surface area contributed by atoms with E-state index in [0.717, 1.165) is 4.68 Å². The van der Waals surface area contributed by atoms with Gasteiger partial charge in [-0.2, -0.15) is 5.10 Å². The Hall–Kier alpha value is -4.01. The highest BCUT2D eigenvalue weighted by atomic mass is 16.6. The third-order valence-corrected chi connectivity index (χ3v) is 3.92. The number of ether oxygens (including phenoxy) is 1. The predicted molar refractivity (Wildman–Crippen MR) is 102 cm³/mol. The van der Waals surface area contributed by atoms with Gasteiger partial charge < -0.3 is 10.1 Å². The molecule has 1 N–H and O–H groups in total. The summed E-state index contributed by atoms with van der Waals surface area (Å²) in [7, 11) is 1.52. The zero-order valence-electron chi connectivity index (χ0n) is 14.9. The van der Waals surface area contributed by atoms with Gasteiger partial charge in [-0.25, -0.2) is 4.68 Å². The fourth-order valence-corrected chi connectivity index (χ4v) is 2.63. The van der Waals surface area contributed by atoms with Crippen molar-refractivity contribution in [2.45, 2.75) is 6.54 Å². The number of hydrogen-bond donors (Lipinski definition) is 1. The lowest BCUT2D eigenvalue weighted by Crippen LogP contribution is -2.29. The van der Waals surface area contributed by atoms with Crippen molar-refractivity contribution in [3.05, 3.63) is 81.1 Å². The molecule has 0 spiro atoms. The maximum Gasteiger partial charge on any atom is 0.292 e. The summed E-state index contributed by atoms with van der Waals surface area (Å²) in [4.78, 5) is 34.9. The molecule has 2 aromatic carbocycles. The van der Waals surface area contributed by atoms with Crippen LogP contribution in [0.25, 0.3) is 11.3 Å². The van der Waals surface area contributed by atoms with Crippen LogP contribution in [0.4, 0.5) is 11.4 Å². The summed E-state index contributed by atoms with van der Waals surface area (Å²) in [5.74, 6) is -0.0364. The molecular weight excluding hydrogens is 364 g/mol. The number of methoxy groups -OCH3 is 1. The predicted octanol–water partition coefficient (Wildman–Crippen LogP) is 2.47. The monoisotopic (exact) mass is 380 g/mol. The minimum Gasteiger partial charge on any atom is -0.496 e. The normalized spacial score (nSPS) is 10.3. The van der Waals surface area contributed by atoms with Crippen molar-refractivity contribution < 1.29 is 14.5 Å². The summed E-state index contributed by atoms with van der Waals surface area (Å²) >= 11 is 0. The zero-order valence-corrected chi connectivity index (χ0v) is 14.9. The Balaban J connectivity index is 1.86. The molecule has 1 heterocycles. The number of carbonyl (C=O) groups excluding carboxylic acids is 1. The molecule has 1 amide bonds. The van der Waals surface area contributed by atoms with Gasteiger partial charge in [-0.3, -0.25) is 19.7 Å². The van der Waals surface area contributed by atoms with Gasteiger partial charge in [-0.05, 0) is 24.3 Å². The van der Waals surface area contributed by atoms with Crippen LogP contribution in [-0.4, -0.2) is 27.7 Å². The fourth-order valence-electron chi connectivity index (χ4n) is 2.63. The van der Waals surface area contributed by atoms with E-state index in [1.807, 2.05) is 0 Å². The lowest BCUT2D eigenvalue weighted by molar-refractivity contribution is -0.383. The molecule has 0 saturated heterocycles. The van der Waals surface area contributed by atoms with Crippen molar-refractivity contribution in [3.8, 4) is 17.0 Å². The summed E-state index contributed by atoms with van der Waals surface area (Å²) in [6.45, 7) is -0.395. The minimum atomic E-state index is -0.610. The molecule has 28 heavy (non-hydrogen) atoms. The second-order valence-electron chi connectivity index (χ2n) is 5.74. The van der Waals surface area contributed by atoms with Crippen LogP contribution in [0.2, 0.25) is 0 Å². The van der Waals surface area contributed by atoms with Gasteiger partial charge in [0.05, 0.1) is 17.7 Å². The number of para-hydroxylation sites is 3. The van der Waals surface area contributed by atoms with Crippen molar-refractivity contribution in [2.75, 3.05) is 12.4 Å². The van der Waals surface area contributed by atoms with E-state index in [9.17, 15) is 19.7 Å². The molecule has 0 radical (unpaired) electrons. The SMILES string of the molecule is COc1ccccc1-c1ccc(=O)n(CC(=O)Nc2ccccc2[N+](=O)[O-])n1. The Morgan fingerprint density at radius 2 is 1.86 bits per heavy atom. The molecular formula is C19H16N4O5. The Morgan fingerprint density at radius 1 is 1.14 bits per heavy atom. The van der Waals surface area contributed by atoms with Crippen LogP contribution in [0.15, 0.2) is 65.5 Å². The number of benzene rings is 2. The first kappa shape index (κ1) is 18.8. The van der Waals surface area contributed by atoms with Gasteiger partial charge in [0.1, 0.15) is 18.0 Å². The first-order valence-corrected chi connectivity index (χ1v) is 8.24. The van der Waals surface area contributed by atoms with Gasteiger partial charge in [-0.1, -0.05) is 24.3 Å². The number of hydrogen-bond acceptors (Lipinski definition) is 6. The van der Waals surface area contributed by atoms with Crippen LogP contribution in [-0.2, 0) is 11.3 Å². The molecule has 0 atom stereocenters. The van der Waals surface area contributed by atoms with Crippen molar-refractivity contribution in [3.63, 3.8) is 0 Å². The number of carbonyl (C=O) groups is 1. The highest BCUT2D eigenvalue weighted by molar-refractivity contribution is 5.92. The maximum absolute atomic E-state index is 12.3. The summed E-state index contributed by atoms with van der Waals surface area (Å²) in [6, 6.07) is 15.7. The van der Waals surface area contributed by atoms with Gasteiger partial charge in [0.25, 0.3) is 11.2 Å². The van der Waals surface area contributed by atoms with E-state index in [1.165, 1.54) is 37.4 Å². The standard InChI is InChI=1S/C19H16N4O5/c1-28-17-9-5-2-6-13(17)14-10-11-19(25)22(21-14)12-18(24)20-15-7-3-4-8-16(15)23(26)27/h2-11H,12H2,1H3,(H,20,24). The summed E-state index contributed by atoms with van der Waals surface area (Å²) in [6.07, 6.45) is 0. The zero-order chi connectivity index (χ0) is 20.1. The van der Waals surface area contributed by atoms with E-state index in [0.29, 0.717) is 17.0 Å². The van der Waals surface area contributed by atoms with E-state index in [4.69, 9.17) is 4.74 Å². The van der Waals surface area contributed by atoms with E-state index in [1.54, 1.807) is 30.3 Å². The second kappa shape index (κ2) is 8.12. The highest BCUT2D eigenvalue weighted by Crippen LogP contribution is 2.27. The average Bonchev–Trinajstić information content (AvgIpc) is 2.70. The molecule has 1 aromatic heterocycles. The number of amides is 1. The first-order chi connectivity index (χ1) is 13.5. The number of nitro groups is 1.